The van der Waals surface area contributed by atoms with Gasteiger partial charge in [-0.1, -0.05) is 0 Å². The Balaban J connectivity index is 0. The SMILES string of the molecule is C#C.O=[PH](O)O. The van der Waals surface area contributed by atoms with E-state index in [1.165, 1.54) is 0 Å². The molecule has 0 aromatic rings. The molecule has 0 fully saturated rings. The summed E-state index contributed by atoms with van der Waals surface area (Å²) >= 11 is 0. The van der Waals surface area contributed by atoms with Crippen LogP contribution in [0.2, 0.25) is 0 Å². The molecule has 36 valence electrons. The van der Waals surface area contributed by atoms with Crippen LogP contribution in [0.3, 0.4) is 0 Å². The van der Waals surface area contributed by atoms with E-state index in [2.05, 4.69) is 12.8 Å². The largest absolute Gasteiger partial charge is 0.326 e. The predicted octanol–water partition coefficient (Wildman–Crippen LogP) is -0.390. The smallest absolute Gasteiger partial charge is 0.314 e. The summed E-state index contributed by atoms with van der Waals surface area (Å²) < 4.78 is 8.74. The second-order valence-corrected chi connectivity index (χ2v) is 0.848. The van der Waals surface area contributed by atoms with Crippen molar-refractivity contribution in [1.82, 2.24) is 0 Å². The van der Waals surface area contributed by atoms with E-state index in [0.29, 0.717) is 0 Å². The van der Waals surface area contributed by atoms with E-state index >= 15 is 0 Å². The standard InChI is InChI=1S/C2H2.H3O3P/c1-2;1-4(2)3/h1-2H;4H,(H2,1,2,3). The number of terminal acetylenes is 1. The minimum atomic E-state index is -3.13. The molecule has 0 atom stereocenters. The van der Waals surface area contributed by atoms with Crippen molar-refractivity contribution in [2.75, 3.05) is 0 Å². The Labute approximate surface area is 36.6 Å². The minimum Gasteiger partial charge on any atom is -0.326 e. The van der Waals surface area contributed by atoms with Crippen molar-refractivity contribution >= 4 is 8.25 Å². The maximum atomic E-state index is 8.74. The van der Waals surface area contributed by atoms with E-state index in [1.807, 2.05) is 0 Å². The molecule has 6 heavy (non-hydrogen) atoms. The van der Waals surface area contributed by atoms with Crippen LogP contribution in [0.15, 0.2) is 0 Å². The quantitative estimate of drug-likeness (QED) is 0.328. The van der Waals surface area contributed by atoms with E-state index in [-0.39, 0.29) is 0 Å². The lowest BCUT2D eigenvalue weighted by Gasteiger charge is -1.61. The molecule has 0 radical (unpaired) electrons. The Kier molecular flexibility index (Phi) is 13.5. The van der Waals surface area contributed by atoms with Gasteiger partial charge in [0.15, 0.2) is 0 Å². The van der Waals surface area contributed by atoms with Crippen LogP contribution in [0, 0.1) is 12.8 Å². The maximum Gasteiger partial charge on any atom is 0.314 e. The van der Waals surface area contributed by atoms with Crippen LogP contribution >= 0.6 is 8.25 Å². The Morgan fingerprint density at radius 2 is 1.33 bits per heavy atom. The summed E-state index contributed by atoms with van der Waals surface area (Å²) in [4.78, 5) is 14.3. The van der Waals surface area contributed by atoms with E-state index < -0.39 is 8.25 Å². The van der Waals surface area contributed by atoms with Crippen molar-refractivity contribution in [1.29, 1.82) is 0 Å². The van der Waals surface area contributed by atoms with Gasteiger partial charge in [0.1, 0.15) is 0 Å². The Bertz CT molecular complexity index is 53.1. The Morgan fingerprint density at radius 3 is 1.33 bits per heavy atom. The van der Waals surface area contributed by atoms with E-state index in [1.54, 1.807) is 0 Å². The lowest BCUT2D eigenvalue weighted by molar-refractivity contribution is 0.405. The van der Waals surface area contributed by atoms with Gasteiger partial charge in [0.25, 0.3) is 0 Å². The van der Waals surface area contributed by atoms with Crippen LogP contribution in [-0.4, -0.2) is 9.79 Å². The minimum absolute atomic E-state index is 3.13. The van der Waals surface area contributed by atoms with E-state index in [9.17, 15) is 0 Å². The van der Waals surface area contributed by atoms with Gasteiger partial charge in [-0.25, -0.2) is 0 Å². The van der Waals surface area contributed by atoms with Gasteiger partial charge in [-0.3, -0.25) is 4.57 Å². The average Bonchev–Trinajstić information content (AvgIpc) is 1.41. The van der Waals surface area contributed by atoms with Crippen LogP contribution in [0.4, 0.5) is 0 Å². The molecule has 0 aromatic heterocycles. The number of hydrogen-bond donors (Lipinski definition) is 2. The summed E-state index contributed by atoms with van der Waals surface area (Å²) in [6.07, 6.45) is 8.00. The molecule has 0 bridgehead atoms. The first-order valence-electron chi connectivity index (χ1n) is 0.985. The summed E-state index contributed by atoms with van der Waals surface area (Å²) in [5, 5.41) is 0. The van der Waals surface area contributed by atoms with Gasteiger partial charge in [-0.15, -0.1) is 12.8 Å². The molecule has 0 aliphatic carbocycles. The summed E-state index contributed by atoms with van der Waals surface area (Å²) in [5.41, 5.74) is 0. The molecule has 0 saturated carbocycles. The second kappa shape index (κ2) is 8.83. The molecule has 3 nitrogen and oxygen atoms in total. The van der Waals surface area contributed by atoms with Crippen LogP contribution in [0.5, 0.6) is 0 Å². The van der Waals surface area contributed by atoms with Crippen molar-refractivity contribution < 1.29 is 14.4 Å². The lowest BCUT2D eigenvalue weighted by Crippen LogP contribution is -1.38. The first-order chi connectivity index (χ1) is 2.73. The van der Waals surface area contributed by atoms with E-state index in [0.717, 1.165) is 0 Å². The van der Waals surface area contributed by atoms with Crippen LogP contribution in [0.25, 0.3) is 0 Å². The number of rotatable bonds is 0. The average molecular weight is 108 g/mol. The van der Waals surface area contributed by atoms with E-state index in [4.69, 9.17) is 14.4 Å². The molecule has 2 N–H and O–H groups in total. The fraction of sp³-hybridized carbons (Fsp3) is 0. The highest BCUT2D eigenvalue weighted by molar-refractivity contribution is 7.30. The topological polar surface area (TPSA) is 57.5 Å². The molecule has 0 amide bonds. The van der Waals surface area contributed by atoms with Gasteiger partial charge in [0.05, 0.1) is 0 Å². The van der Waals surface area contributed by atoms with Crippen LogP contribution < -0.4 is 0 Å². The highest BCUT2D eigenvalue weighted by Crippen LogP contribution is 1.98. The number of hydrogen-bond acceptors (Lipinski definition) is 1. The normalized spacial score (nSPS) is 6.17. The van der Waals surface area contributed by atoms with Gasteiger partial charge < -0.3 is 9.79 Å². The Morgan fingerprint density at radius 1 is 1.33 bits per heavy atom. The lowest BCUT2D eigenvalue weighted by atomic mass is 11.4. The summed E-state index contributed by atoms with van der Waals surface area (Å²) in [6.45, 7) is 0. The van der Waals surface area contributed by atoms with Gasteiger partial charge in [0, 0.05) is 0 Å². The first-order valence-corrected chi connectivity index (χ1v) is 2.29. The van der Waals surface area contributed by atoms with Crippen molar-refractivity contribution in [3.05, 3.63) is 0 Å². The molecule has 4 heteroatoms. The van der Waals surface area contributed by atoms with Crippen LogP contribution in [0.1, 0.15) is 0 Å². The van der Waals surface area contributed by atoms with Gasteiger partial charge in [0.2, 0.25) is 0 Å². The zero-order chi connectivity index (χ0) is 5.58. The van der Waals surface area contributed by atoms with Crippen LogP contribution in [-0.2, 0) is 4.57 Å². The fourth-order valence-corrected chi connectivity index (χ4v) is 0. The van der Waals surface area contributed by atoms with Crippen molar-refractivity contribution in [2.45, 2.75) is 0 Å². The third kappa shape index (κ3) is 324. The Hall–Kier alpha value is -0.290. The van der Waals surface area contributed by atoms with Crippen molar-refractivity contribution in [2.24, 2.45) is 0 Å². The molecule has 0 saturated heterocycles. The van der Waals surface area contributed by atoms with Gasteiger partial charge in [-0.05, 0) is 0 Å². The third-order valence-corrected chi connectivity index (χ3v) is 0. The molecule has 0 aromatic carbocycles. The zero-order valence-corrected chi connectivity index (χ0v) is 3.96. The molecule has 0 heterocycles. The molecule has 0 aliphatic rings. The molecule has 0 aliphatic heterocycles. The van der Waals surface area contributed by atoms with Gasteiger partial charge in [-0.2, -0.15) is 0 Å². The predicted molar refractivity (Wildman–Crippen MR) is 23.3 cm³/mol. The summed E-state index contributed by atoms with van der Waals surface area (Å²) in [5.74, 6) is 0. The monoisotopic (exact) mass is 108 g/mol. The zero-order valence-electron chi connectivity index (χ0n) is 2.96. The van der Waals surface area contributed by atoms with Crippen molar-refractivity contribution in [3.63, 3.8) is 0 Å². The first kappa shape index (κ1) is 9.20. The van der Waals surface area contributed by atoms with Crippen molar-refractivity contribution in [3.8, 4) is 12.8 Å². The molecule has 0 unspecified atom stereocenters. The third-order valence-electron chi connectivity index (χ3n) is 0. The molecular formula is C2H5O3P. The fourth-order valence-electron chi connectivity index (χ4n) is 0. The molecule has 0 spiro atoms. The highest BCUT2D eigenvalue weighted by Gasteiger charge is 1.61. The second-order valence-electron chi connectivity index (χ2n) is 0.283. The highest BCUT2D eigenvalue weighted by atomic mass is 31.1. The molecular weight excluding hydrogens is 103 g/mol. The maximum absolute atomic E-state index is 8.74. The summed E-state index contributed by atoms with van der Waals surface area (Å²) in [6, 6.07) is 0. The molecule has 0 rings (SSSR count). The summed E-state index contributed by atoms with van der Waals surface area (Å²) in [7, 11) is -3.13. The van der Waals surface area contributed by atoms with Gasteiger partial charge >= 0.3 is 8.25 Å².